The first kappa shape index (κ1) is 11.3. The molecular weight excluding hydrogens is 318 g/mol. The normalized spacial score (nSPS) is 10.9. The lowest BCUT2D eigenvalue weighted by molar-refractivity contribution is 0.0988. The molecule has 0 saturated carbocycles. The number of carbonyl (C=O) groups excluding carboxylic acids is 1. The zero-order chi connectivity index (χ0) is 12.7. The second-order valence-electron chi connectivity index (χ2n) is 3.47. The van der Waals surface area contributed by atoms with E-state index in [4.69, 9.17) is 5.73 Å². The summed E-state index contributed by atoms with van der Waals surface area (Å²) < 4.78 is 2.29. The minimum Gasteiger partial charge on any atom is -0.363 e. The van der Waals surface area contributed by atoms with Crippen molar-refractivity contribution < 1.29 is 4.79 Å². The van der Waals surface area contributed by atoms with Crippen LogP contribution >= 0.6 is 27.3 Å². The number of halogens is 1. The maximum Gasteiger partial charge on any atom is 0.288 e. The largest absolute Gasteiger partial charge is 0.363 e. The number of carbonyl (C=O) groups is 1. The fourth-order valence-corrected chi connectivity index (χ4v) is 3.00. The fourth-order valence-electron chi connectivity index (χ4n) is 1.51. The summed E-state index contributed by atoms with van der Waals surface area (Å²) in [5, 5.41) is 12.6. The van der Waals surface area contributed by atoms with Gasteiger partial charge in [0, 0.05) is 10.0 Å². The van der Waals surface area contributed by atoms with Crippen LogP contribution in [0.25, 0.3) is 15.5 Å². The summed E-state index contributed by atoms with van der Waals surface area (Å²) in [5.41, 5.74) is 6.13. The van der Waals surface area contributed by atoms with Crippen LogP contribution in [0.3, 0.4) is 0 Å². The molecule has 6 nitrogen and oxygen atoms in total. The first-order valence-corrected chi connectivity index (χ1v) is 6.54. The van der Waals surface area contributed by atoms with E-state index in [1.807, 2.05) is 24.3 Å². The average Bonchev–Trinajstić information content (AvgIpc) is 2.88. The van der Waals surface area contributed by atoms with Crippen molar-refractivity contribution in [3.63, 3.8) is 0 Å². The van der Waals surface area contributed by atoms with E-state index in [-0.39, 0.29) is 5.82 Å². The van der Waals surface area contributed by atoms with E-state index in [1.165, 1.54) is 15.9 Å². The van der Waals surface area contributed by atoms with E-state index in [2.05, 4.69) is 31.2 Å². The standard InChI is InChI=1S/C10H6BrN5OS/c11-6-4-2-1-3-5(6)9-15-16-8(7(12)17)13-14-10(16)18-9/h1-4H,(H2,12,17). The Morgan fingerprint density at radius 1 is 1.33 bits per heavy atom. The van der Waals surface area contributed by atoms with Gasteiger partial charge in [-0.1, -0.05) is 45.5 Å². The van der Waals surface area contributed by atoms with Crippen LogP contribution in [0.2, 0.25) is 0 Å². The van der Waals surface area contributed by atoms with Crippen LogP contribution in [0.5, 0.6) is 0 Å². The highest BCUT2D eigenvalue weighted by Crippen LogP contribution is 2.31. The Bertz CT molecular complexity index is 750. The molecule has 0 radical (unpaired) electrons. The molecule has 0 fully saturated rings. The number of amides is 1. The number of rotatable bonds is 2. The topological polar surface area (TPSA) is 86.2 Å². The van der Waals surface area contributed by atoms with Crippen LogP contribution in [0, 0.1) is 0 Å². The third-order valence-corrected chi connectivity index (χ3v) is 3.94. The number of fused-ring (bicyclic) bond motifs is 1. The summed E-state index contributed by atoms with van der Waals surface area (Å²) in [6.45, 7) is 0. The average molecular weight is 324 g/mol. The van der Waals surface area contributed by atoms with E-state index in [0.717, 1.165) is 15.0 Å². The molecule has 0 aliphatic carbocycles. The quantitative estimate of drug-likeness (QED) is 0.777. The van der Waals surface area contributed by atoms with Gasteiger partial charge in [-0.25, -0.2) is 0 Å². The smallest absolute Gasteiger partial charge is 0.288 e. The van der Waals surface area contributed by atoms with Crippen molar-refractivity contribution in [2.24, 2.45) is 5.73 Å². The van der Waals surface area contributed by atoms with Crippen molar-refractivity contribution in [1.82, 2.24) is 19.8 Å². The van der Waals surface area contributed by atoms with Gasteiger partial charge in [-0.2, -0.15) is 9.61 Å². The zero-order valence-electron chi connectivity index (χ0n) is 8.87. The molecule has 3 rings (SSSR count). The maximum atomic E-state index is 11.1. The highest BCUT2D eigenvalue weighted by atomic mass is 79.9. The Hall–Kier alpha value is -1.80. The fraction of sp³-hybridized carbons (Fsp3) is 0. The molecule has 0 atom stereocenters. The van der Waals surface area contributed by atoms with E-state index in [9.17, 15) is 4.79 Å². The van der Waals surface area contributed by atoms with Gasteiger partial charge in [-0.15, -0.1) is 10.2 Å². The summed E-state index contributed by atoms with van der Waals surface area (Å²) in [7, 11) is 0. The number of primary amides is 1. The first-order valence-electron chi connectivity index (χ1n) is 4.94. The van der Waals surface area contributed by atoms with Crippen molar-refractivity contribution >= 4 is 38.1 Å². The molecule has 0 aliphatic rings. The Balaban J connectivity index is 2.20. The highest BCUT2D eigenvalue weighted by molar-refractivity contribution is 9.10. The summed E-state index contributed by atoms with van der Waals surface area (Å²) in [6, 6.07) is 7.69. The molecule has 1 amide bonds. The van der Waals surface area contributed by atoms with Gasteiger partial charge in [-0.05, 0) is 6.07 Å². The minimum atomic E-state index is -0.647. The van der Waals surface area contributed by atoms with Crippen LogP contribution in [-0.2, 0) is 0 Å². The zero-order valence-corrected chi connectivity index (χ0v) is 11.3. The van der Waals surface area contributed by atoms with Crippen LogP contribution in [0.1, 0.15) is 10.6 Å². The molecule has 8 heteroatoms. The molecule has 0 spiro atoms. The molecule has 0 saturated heterocycles. The first-order chi connectivity index (χ1) is 8.66. The third-order valence-electron chi connectivity index (χ3n) is 2.32. The van der Waals surface area contributed by atoms with Gasteiger partial charge in [0.2, 0.25) is 10.8 Å². The highest BCUT2D eigenvalue weighted by Gasteiger charge is 2.17. The van der Waals surface area contributed by atoms with Gasteiger partial charge in [0.15, 0.2) is 0 Å². The lowest BCUT2D eigenvalue weighted by Crippen LogP contribution is -2.15. The van der Waals surface area contributed by atoms with Crippen molar-refractivity contribution in [2.45, 2.75) is 0 Å². The summed E-state index contributed by atoms with van der Waals surface area (Å²) in [5.74, 6) is -0.606. The van der Waals surface area contributed by atoms with Gasteiger partial charge in [0.25, 0.3) is 5.91 Å². The van der Waals surface area contributed by atoms with Gasteiger partial charge in [-0.3, -0.25) is 4.79 Å². The number of nitrogens with two attached hydrogens (primary N) is 1. The number of benzene rings is 1. The molecule has 2 heterocycles. The molecule has 0 bridgehead atoms. The molecule has 0 aliphatic heterocycles. The Kier molecular flexibility index (Phi) is 2.60. The van der Waals surface area contributed by atoms with Crippen molar-refractivity contribution in [2.75, 3.05) is 0 Å². The molecular formula is C10H6BrN5OS. The number of hydrogen-bond donors (Lipinski definition) is 1. The van der Waals surface area contributed by atoms with Crippen LogP contribution in [0.15, 0.2) is 28.7 Å². The molecule has 0 unspecified atom stereocenters. The predicted octanol–water partition coefficient (Wildman–Crippen LogP) is 1.71. The maximum absolute atomic E-state index is 11.1. The summed E-state index contributed by atoms with van der Waals surface area (Å²) in [4.78, 5) is 11.7. The lowest BCUT2D eigenvalue weighted by atomic mass is 10.2. The van der Waals surface area contributed by atoms with Gasteiger partial charge < -0.3 is 5.73 Å². The predicted molar refractivity (Wildman–Crippen MR) is 70.3 cm³/mol. The minimum absolute atomic E-state index is 0.0413. The molecule has 2 N–H and O–H groups in total. The second-order valence-corrected chi connectivity index (χ2v) is 5.28. The Morgan fingerprint density at radius 2 is 2.11 bits per heavy atom. The number of hydrogen-bond acceptors (Lipinski definition) is 5. The van der Waals surface area contributed by atoms with Crippen molar-refractivity contribution in [3.8, 4) is 10.6 Å². The van der Waals surface area contributed by atoms with E-state index >= 15 is 0 Å². The van der Waals surface area contributed by atoms with Crippen molar-refractivity contribution in [3.05, 3.63) is 34.6 Å². The second kappa shape index (κ2) is 4.14. The molecule has 18 heavy (non-hydrogen) atoms. The summed E-state index contributed by atoms with van der Waals surface area (Å²) in [6.07, 6.45) is 0. The van der Waals surface area contributed by atoms with E-state index < -0.39 is 5.91 Å². The SMILES string of the molecule is NC(=O)c1nnc2sc(-c3ccccc3Br)nn12. The monoisotopic (exact) mass is 323 g/mol. The van der Waals surface area contributed by atoms with Crippen LogP contribution < -0.4 is 5.73 Å². The van der Waals surface area contributed by atoms with Crippen LogP contribution in [0.4, 0.5) is 0 Å². The van der Waals surface area contributed by atoms with Gasteiger partial charge in [0.1, 0.15) is 5.01 Å². The molecule has 90 valence electrons. The van der Waals surface area contributed by atoms with Gasteiger partial charge >= 0.3 is 0 Å². The van der Waals surface area contributed by atoms with Gasteiger partial charge in [0.05, 0.1) is 0 Å². The molecule has 1 aromatic carbocycles. The summed E-state index contributed by atoms with van der Waals surface area (Å²) >= 11 is 4.80. The third kappa shape index (κ3) is 1.70. The molecule has 2 aromatic heterocycles. The number of nitrogens with zero attached hydrogens (tertiary/aromatic N) is 4. The Morgan fingerprint density at radius 3 is 2.83 bits per heavy atom. The van der Waals surface area contributed by atoms with Crippen molar-refractivity contribution in [1.29, 1.82) is 0 Å². The number of aromatic nitrogens is 4. The lowest BCUT2D eigenvalue weighted by Gasteiger charge is -1.97. The Labute approximate surface area is 114 Å². The molecule has 3 aromatic rings. The van der Waals surface area contributed by atoms with E-state index in [1.54, 1.807) is 0 Å². The van der Waals surface area contributed by atoms with E-state index in [0.29, 0.717) is 4.96 Å². The van der Waals surface area contributed by atoms with Crippen LogP contribution in [-0.4, -0.2) is 25.7 Å².